The van der Waals surface area contributed by atoms with Crippen LogP contribution in [0.2, 0.25) is 0 Å². The van der Waals surface area contributed by atoms with Gasteiger partial charge in [-0.15, -0.1) is 0 Å². The van der Waals surface area contributed by atoms with Crippen molar-refractivity contribution in [1.29, 1.82) is 0 Å². The van der Waals surface area contributed by atoms with Gasteiger partial charge in [0.15, 0.2) is 0 Å². The number of carbonyl (C=O) groups excluding carboxylic acids is 1. The molecule has 21 heavy (non-hydrogen) atoms. The fourth-order valence-electron chi connectivity index (χ4n) is 2.31. The van der Waals surface area contributed by atoms with E-state index >= 15 is 0 Å². The summed E-state index contributed by atoms with van der Waals surface area (Å²) in [5, 5.41) is 3.22. The standard InChI is InChI=1S/C15H23N3O3/c1-11-8-14(20-3)9-13(17-11)10-16-12(2)15(19)18-4-6-21-7-5-18/h8-9,12,16H,4-7,10H2,1-3H3. The van der Waals surface area contributed by atoms with E-state index in [0.29, 0.717) is 32.8 Å². The largest absolute Gasteiger partial charge is 0.497 e. The number of nitrogens with zero attached hydrogens (tertiary/aromatic N) is 2. The lowest BCUT2D eigenvalue weighted by molar-refractivity contribution is -0.137. The van der Waals surface area contributed by atoms with E-state index in [0.717, 1.165) is 17.1 Å². The van der Waals surface area contributed by atoms with Gasteiger partial charge in [-0.3, -0.25) is 9.78 Å². The van der Waals surface area contributed by atoms with Crippen molar-refractivity contribution in [1.82, 2.24) is 15.2 Å². The third-order valence-corrected chi connectivity index (χ3v) is 3.50. The maximum atomic E-state index is 12.3. The van der Waals surface area contributed by atoms with Crippen LogP contribution in [0.15, 0.2) is 12.1 Å². The minimum absolute atomic E-state index is 0.109. The zero-order valence-electron chi connectivity index (χ0n) is 12.9. The van der Waals surface area contributed by atoms with Gasteiger partial charge >= 0.3 is 0 Å². The van der Waals surface area contributed by atoms with Crippen LogP contribution in [0.5, 0.6) is 5.75 Å². The molecule has 1 amide bonds. The van der Waals surface area contributed by atoms with Crippen LogP contribution in [-0.2, 0) is 16.1 Å². The van der Waals surface area contributed by atoms with Crippen LogP contribution < -0.4 is 10.1 Å². The van der Waals surface area contributed by atoms with Crippen molar-refractivity contribution in [3.8, 4) is 5.75 Å². The van der Waals surface area contributed by atoms with E-state index in [1.165, 1.54) is 0 Å². The van der Waals surface area contributed by atoms with Gasteiger partial charge in [-0.1, -0.05) is 0 Å². The number of hydrogen-bond donors (Lipinski definition) is 1. The maximum absolute atomic E-state index is 12.3. The lowest BCUT2D eigenvalue weighted by atomic mass is 10.2. The number of aromatic nitrogens is 1. The number of amides is 1. The summed E-state index contributed by atoms with van der Waals surface area (Å²) in [7, 11) is 1.64. The number of aryl methyl sites for hydroxylation is 1. The zero-order chi connectivity index (χ0) is 15.2. The molecule has 1 aliphatic rings. The highest BCUT2D eigenvalue weighted by Gasteiger charge is 2.22. The molecule has 1 unspecified atom stereocenters. The molecule has 6 heteroatoms. The van der Waals surface area contributed by atoms with Gasteiger partial charge in [-0.25, -0.2) is 0 Å². The summed E-state index contributed by atoms with van der Waals surface area (Å²) >= 11 is 0. The van der Waals surface area contributed by atoms with Crippen LogP contribution in [0.3, 0.4) is 0 Å². The summed E-state index contributed by atoms with van der Waals surface area (Å²) in [4.78, 5) is 18.5. The molecule has 0 aromatic carbocycles. The molecule has 0 bridgehead atoms. The van der Waals surface area contributed by atoms with Gasteiger partial charge in [0, 0.05) is 37.5 Å². The number of pyridine rings is 1. The van der Waals surface area contributed by atoms with Gasteiger partial charge < -0.3 is 19.7 Å². The molecule has 1 aliphatic heterocycles. The summed E-state index contributed by atoms with van der Waals surface area (Å²) in [6.07, 6.45) is 0. The third kappa shape index (κ3) is 4.41. The first kappa shape index (κ1) is 15.7. The molecule has 1 saturated heterocycles. The molecule has 1 fully saturated rings. The summed E-state index contributed by atoms with van der Waals surface area (Å²) in [6, 6.07) is 3.52. The summed E-state index contributed by atoms with van der Waals surface area (Å²) in [6.45, 7) is 6.92. The second kappa shape index (κ2) is 7.38. The number of rotatable bonds is 5. The second-order valence-electron chi connectivity index (χ2n) is 5.18. The van der Waals surface area contributed by atoms with E-state index in [-0.39, 0.29) is 11.9 Å². The molecule has 1 N–H and O–H groups in total. The van der Waals surface area contributed by atoms with E-state index in [9.17, 15) is 4.79 Å². The van der Waals surface area contributed by atoms with E-state index in [1.54, 1.807) is 7.11 Å². The number of ether oxygens (including phenoxy) is 2. The van der Waals surface area contributed by atoms with Crippen LogP contribution in [0.4, 0.5) is 0 Å². The highest BCUT2D eigenvalue weighted by molar-refractivity contribution is 5.81. The first-order valence-corrected chi connectivity index (χ1v) is 7.21. The van der Waals surface area contributed by atoms with Gasteiger partial charge in [-0.2, -0.15) is 0 Å². The Balaban J connectivity index is 1.89. The normalized spacial score (nSPS) is 16.6. The number of nitrogens with one attached hydrogen (secondary N) is 1. The van der Waals surface area contributed by atoms with E-state index in [2.05, 4.69) is 10.3 Å². The van der Waals surface area contributed by atoms with Gasteiger partial charge in [-0.05, 0) is 13.8 Å². The average Bonchev–Trinajstić information content (AvgIpc) is 2.52. The smallest absolute Gasteiger partial charge is 0.239 e. The van der Waals surface area contributed by atoms with E-state index in [1.807, 2.05) is 30.9 Å². The minimum atomic E-state index is -0.239. The monoisotopic (exact) mass is 293 g/mol. The SMILES string of the molecule is COc1cc(C)nc(CNC(C)C(=O)N2CCOCC2)c1. The van der Waals surface area contributed by atoms with Crippen molar-refractivity contribution in [3.63, 3.8) is 0 Å². The molecule has 1 atom stereocenters. The summed E-state index contributed by atoms with van der Waals surface area (Å²) in [5.74, 6) is 0.893. The van der Waals surface area contributed by atoms with Gasteiger partial charge in [0.25, 0.3) is 0 Å². The fraction of sp³-hybridized carbons (Fsp3) is 0.600. The Morgan fingerprint density at radius 1 is 1.48 bits per heavy atom. The molecule has 6 nitrogen and oxygen atoms in total. The molecule has 0 radical (unpaired) electrons. The van der Waals surface area contributed by atoms with Crippen molar-refractivity contribution in [2.75, 3.05) is 33.4 Å². The maximum Gasteiger partial charge on any atom is 0.239 e. The average molecular weight is 293 g/mol. The van der Waals surface area contributed by atoms with Gasteiger partial charge in [0.2, 0.25) is 5.91 Å². The molecule has 1 aromatic rings. The Morgan fingerprint density at radius 2 is 2.19 bits per heavy atom. The van der Waals surface area contributed by atoms with Crippen molar-refractivity contribution >= 4 is 5.91 Å². The number of morpholine rings is 1. The Kier molecular flexibility index (Phi) is 5.52. The first-order chi connectivity index (χ1) is 10.1. The van der Waals surface area contributed by atoms with Gasteiger partial charge in [0.05, 0.1) is 32.1 Å². The molecule has 2 heterocycles. The summed E-state index contributed by atoms with van der Waals surface area (Å²) in [5.41, 5.74) is 1.77. The molecule has 116 valence electrons. The van der Waals surface area contributed by atoms with Gasteiger partial charge in [0.1, 0.15) is 5.75 Å². The second-order valence-corrected chi connectivity index (χ2v) is 5.18. The molecule has 0 saturated carbocycles. The predicted octanol–water partition coefficient (Wildman–Crippen LogP) is 0.736. The number of methoxy groups -OCH3 is 1. The molecule has 1 aromatic heterocycles. The molecule has 0 spiro atoms. The Bertz CT molecular complexity index is 487. The van der Waals surface area contributed by atoms with E-state index in [4.69, 9.17) is 9.47 Å². The van der Waals surface area contributed by atoms with Crippen molar-refractivity contribution in [3.05, 3.63) is 23.5 Å². The zero-order valence-corrected chi connectivity index (χ0v) is 12.9. The molecular weight excluding hydrogens is 270 g/mol. The van der Waals surface area contributed by atoms with Crippen LogP contribution in [0.25, 0.3) is 0 Å². The quantitative estimate of drug-likeness (QED) is 0.867. The molecule has 2 rings (SSSR count). The molecule has 0 aliphatic carbocycles. The highest BCUT2D eigenvalue weighted by Crippen LogP contribution is 2.13. The minimum Gasteiger partial charge on any atom is -0.497 e. The topological polar surface area (TPSA) is 63.7 Å². The van der Waals surface area contributed by atoms with Crippen molar-refractivity contribution in [2.24, 2.45) is 0 Å². The van der Waals surface area contributed by atoms with Crippen LogP contribution in [0.1, 0.15) is 18.3 Å². The number of hydrogen-bond acceptors (Lipinski definition) is 5. The summed E-state index contributed by atoms with van der Waals surface area (Å²) < 4.78 is 10.5. The fourth-order valence-corrected chi connectivity index (χ4v) is 2.31. The predicted molar refractivity (Wildman–Crippen MR) is 79.2 cm³/mol. The van der Waals surface area contributed by atoms with Crippen molar-refractivity contribution < 1.29 is 14.3 Å². The Labute approximate surface area is 125 Å². The first-order valence-electron chi connectivity index (χ1n) is 7.21. The van der Waals surface area contributed by atoms with Crippen LogP contribution in [0, 0.1) is 6.92 Å². The lowest BCUT2D eigenvalue weighted by Crippen LogP contribution is -2.49. The van der Waals surface area contributed by atoms with E-state index < -0.39 is 0 Å². The van der Waals surface area contributed by atoms with Crippen LogP contribution >= 0.6 is 0 Å². The Morgan fingerprint density at radius 3 is 2.86 bits per heavy atom. The molecular formula is C15H23N3O3. The van der Waals surface area contributed by atoms with Crippen molar-refractivity contribution in [2.45, 2.75) is 26.4 Å². The third-order valence-electron chi connectivity index (χ3n) is 3.50. The Hall–Kier alpha value is -1.66. The van der Waals surface area contributed by atoms with Crippen LogP contribution in [-0.4, -0.2) is 55.2 Å². The highest BCUT2D eigenvalue weighted by atomic mass is 16.5. The lowest BCUT2D eigenvalue weighted by Gasteiger charge is -2.29. The number of carbonyl (C=O) groups is 1.